The zero-order chi connectivity index (χ0) is 19.4. The molecule has 0 unspecified atom stereocenters. The van der Waals surface area contributed by atoms with Crippen molar-refractivity contribution in [3.63, 3.8) is 0 Å². The molecule has 1 aliphatic heterocycles. The number of benzene rings is 1. The van der Waals surface area contributed by atoms with E-state index in [1.165, 1.54) is 4.31 Å². The number of amides is 1. The van der Waals surface area contributed by atoms with Gasteiger partial charge in [-0.3, -0.25) is 9.10 Å². The Bertz CT molecular complexity index is 908. The second kappa shape index (κ2) is 7.91. The van der Waals surface area contributed by atoms with E-state index >= 15 is 0 Å². The summed E-state index contributed by atoms with van der Waals surface area (Å²) in [7, 11) is -3.19. The molecule has 0 radical (unpaired) electrons. The number of hydrogen-bond acceptors (Lipinski definition) is 6. The molecule has 2 N–H and O–H groups in total. The van der Waals surface area contributed by atoms with Crippen molar-refractivity contribution < 1.29 is 13.2 Å². The molecule has 2 heterocycles. The van der Waals surface area contributed by atoms with E-state index in [-0.39, 0.29) is 18.1 Å². The molecular weight excluding hydrogens is 366 g/mol. The van der Waals surface area contributed by atoms with Crippen LogP contribution in [0.3, 0.4) is 0 Å². The van der Waals surface area contributed by atoms with Crippen LogP contribution in [0.2, 0.25) is 0 Å². The average Bonchev–Trinajstić information content (AvgIpc) is 2.94. The third-order valence-corrected chi connectivity index (χ3v) is 6.03. The van der Waals surface area contributed by atoms with Crippen LogP contribution in [-0.4, -0.2) is 43.1 Å². The number of nitrogens with zero attached hydrogens (tertiary/aromatic N) is 3. The van der Waals surface area contributed by atoms with Crippen LogP contribution < -0.4 is 14.9 Å². The summed E-state index contributed by atoms with van der Waals surface area (Å²) in [6.07, 6.45) is 0.899. The molecule has 0 bridgehead atoms. The Morgan fingerprint density at radius 2 is 1.81 bits per heavy atom. The number of aryl methyl sites for hydroxylation is 2. The first kappa shape index (κ1) is 19.1. The monoisotopic (exact) mass is 389 g/mol. The topological polar surface area (TPSA) is 104 Å². The smallest absolute Gasteiger partial charge is 0.235 e. The number of rotatable bonds is 6. The maximum atomic E-state index is 12.1. The van der Waals surface area contributed by atoms with Gasteiger partial charge in [0.2, 0.25) is 21.9 Å². The van der Waals surface area contributed by atoms with Crippen molar-refractivity contribution in [2.45, 2.75) is 26.7 Å². The third kappa shape index (κ3) is 4.94. The van der Waals surface area contributed by atoms with Crippen LogP contribution >= 0.6 is 0 Å². The van der Waals surface area contributed by atoms with Gasteiger partial charge in [-0.1, -0.05) is 0 Å². The Hall–Kier alpha value is -2.68. The van der Waals surface area contributed by atoms with Crippen LogP contribution in [-0.2, 0) is 14.8 Å². The fraction of sp³-hybridized carbons (Fsp3) is 0.389. The highest BCUT2D eigenvalue weighted by Gasteiger charge is 2.28. The first-order chi connectivity index (χ1) is 12.8. The van der Waals surface area contributed by atoms with Crippen LogP contribution in [0.5, 0.6) is 0 Å². The summed E-state index contributed by atoms with van der Waals surface area (Å²) >= 11 is 0. The Kier molecular flexibility index (Phi) is 5.59. The van der Waals surface area contributed by atoms with Crippen molar-refractivity contribution in [2.24, 2.45) is 0 Å². The molecule has 1 aromatic carbocycles. The van der Waals surface area contributed by atoms with Crippen LogP contribution in [0.15, 0.2) is 30.3 Å². The van der Waals surface area contributed by atoms with E-state index in [1.807, 2.05) is 19.9 Å². The largest absolute Gasteiger partial charge is 0.354 e. The molecule has 144 valence electrons. The lowest BCUT2D eigenvalue weighted by Gasteiger charge is -2.17. The molecule has 0 saturated carbocycles. The Morgan fingerprint density at radius 1 is 1.15 bits per heavy atom. The number of carbonyl (C=O) groups excluding carboxylic acids is 1. The number of nitrogens with one attached hydrogen (secondary N) is 2. The van der Waals surface area contributed by atoms with Crippen LogP contribution in [0, 0.1) is 13.8 Å². The minimum Gasteiger partial charge on any atom is -0.354 e. The van der Waals surface area contributed by atoms with Gasteiger partial charge in [0.25, 0.3) is 0 Å². The summed E-state index contributed by atoms with van der Waals surface area (Å²) in [5.74, 6) is 0.549. The standard InChI is InChI=1S/C18H23N5O3S/c1-13-12-14(2)21-18(20-13)19-9-8-17(24)22-15-4-6-16(7-5-15)23-10-3-11-27(23,25)26/h4-7,12H,3,8-11H2,1-2H3,(H,22,24)(H,19,20,21). The third-order valence-electron chi connectivity index (χ3n) is 4.16. The van der Waals surface area contributed by atoms with E-state index in [4.69, 9.17) is 0 Å². The van der Waals surface area contributed by atoms with E-state index in [9.17, 15) is 13.2 Å². The molecule has 1 aromatic heterocycles. The van der Waals surface area contributed by atoms with Gasteiger partial charge in [-0.25, -0.2) is 18.4 Å². The molecule has 1 aliphatic rings. The summed E-state index contributed by atoms with van der Waals surface area (Å²) in [5.41, 5.74) is 2.99. The van der Waals surface area contributed by atoms with Gasteiger partial charge in [0, 0.05) is 36.6 Å². The van der Waals surface area contributed by atoms with Crippen molar-refractivity contribution in [1.29, 1.82) is 0 Å². The molecule has 27 heavy (non-hydrogen) atoms. The lowest BCUT2D eigenvalue weighted by molar-refractivity contribution is -0.115. The van der Waals surface area contributed by atoms with Crippen LogP contribution in [0.4, 0.5) is 17.3 Å². The number of hydrogen-bond donors (Lipinski definition) is 2. The van der Waals surface area contributed by atoms with Crippen molar-refractivity contribution in [1.82, 2.24) is 9.97 Å². The summed E-state index contributed by atoms with van der Waals surface area (Å²) in [4.78, 5) is 20.6. The highest BCUT2D eigenvalue weighted by Crippen LogP contribution is 2.25. The molecular formula is C18H23N5O3S. The molecule has 0 spiro atoms. The minimum absolute atomic E-state index is 0.145. The lowest BCUT2D eigenvalue weighted by Crippen LogP contribution is -2.25. The molecule has 1 fully saturated rings. The van der Waals surface area contributed by atoms with Crippen molar-refractivity contribution in [3.8, 4) is 0 Å². The van der Waals surface area contributed by atoms with Crippen molar-refractivity contribution in [3.05, 3.63) is 41.7 Å². The molecule has 0 atom stereocenters. The zero-order valence-electron chi connectivity index (χ0n) is 15.4. The first-order valence-corrected chi connectivity index (χ1v) is 10.4. The normalized spacial score (nSPS) is 15.6. The van der Waals surface area contributed by atoms with Crippen LogP contribution in [0.25, 0.3) is 0 Å². The molecule has 3 rings (SSSR count). The fourth-order valence-corrected chi connectivity index (χ4v) is 4.52. The Morgan fingerprint density at radius 3 is 2.41 bits per heavy atom. The average molecular weight is 389 g/mol. The highest BCUT2D eigenvalue weighted by atomic mass is 32.2. The zero-order valence-corrected chi connectivity index (χ0v) is 16.2. The molecule has 1 amide bonds. The van der Waals surface area contributed by atoms with E-state index in [0.717, 1.165) is 11.4 Å². The van der Waals surface area contributed by atoms with E-state index in [0.29, 0.717) is 36.8 Å². The fourth-order valence-electron chi connectivity index (χ4n) is 2.96. The molecule has 2 aromatic rings. The number of carbonyl (C=O) groups is 1. The molecule has 9 heteroatoms. The summed E-state index contributed by atoms with van der Waals surface area (Å²) in [6, 6.07) is 8.72. The summed E-state index contributed by atoms with van der Waals surface area (Å²) < 4.78 is 25.3. The van der Waals surface area contributed by atoms with Crippen LogP contribution in [0.1, 0.15) is 24.2 Å². The second-order valence-electron chi connectivity index (χ2n) is 6.49. The molecule has 0 aliphatic carbocycles. The van der Waals surface area contributed by atoms with E-state index in [2.05, 4.69) is 20.6 Å². The van der Waals surface area contributed by atoms with E-state index in [1.54, 1.807) is 24.3 Å². The quantitative estimate of drug-likeness (QED) is 0.784. The summed E-state index contributed by atoms with van der Waals surface area (Å²) in [6.45, 7) is 4.70. The SMILES string of the molecule is Cc1cc(C)nc(NCCC(=O)Nc2ccc(N3CCCS3(=O)=O)cc2)n1. The number of sulfonamides is 1. The Balaban J connectivity index is 1.50. The second-order valence-corrected chi connectivity index (χ2v) is 8.50. The van der Waals surface area contributed by atoms with Gasteiger partial charge >= 0.3 is 0 Å². The van der Waals surface area contributed by atoms with Gasteiger partial charge in [-0.2, -0.15) is 0 Å². The maximum Gasteiger partial charge on any atom is 0.235 e. The highest BCUT2D eigenvalue weighted by molar-refractivity contribution is 7.93. The molecule has 8 nitrogen and oxygen atoms in total. The van der Waals surface area contributed by atoms with Crippen molar-refractivity contribution >= 4 is 33.3 Å². The summed E-state index contributed by atoms with van der Waals surface area (Å²) in [5, 5.41) is 5.84. The van der Waals surface area contributed by atoms with Gasteiger partial charge in [0.05, 0.1) is 11.4 Å². The minimum atomic E-state index is -3.19. The number of anilines is 3. The van der Waals surface area contributed by atoms with Gasteiger partial charge in [0.15, 0.2) is 0 Å². The first-order valence-electron chi connectivity index (χ1n) is 8.80. The van der Waals surface area contributed by atoms with Crippen molar-refractivity contribution in [2.75, 3.05) is 33.8 Å². The Labute approximate surface area is 159 Å². The number of aromatic nitrogens is 2. The van der Waals surface area contributed by atoms with Gasteiger partial charge in [-0.15, -0.1) is 0 Å². The van der Waals surface area contributed by atoms with Gasteiger partial charge in [0.1, 0.15) is 0 Å². The maximum absolute atomic E-state index is 12.1. The van der Waals surface area contributed by atoms with E-state index < -0.39 is 10.0 Å². The van der Waals surface area contributed by atoms with Gasteiger partial charge < -0.3 is 10.6 Å². The predicted octanol–water partition coefficient (Wildman–Crippen LogP) is 2.07. The molecule has 1 saturated heterocycles. The van der Waals surface area contributed by atoms with Gasteiger partial charge in [-0.05, 0) is 50.6 Å². The predicted molar refractivity (Wildman–Crippen MR) is 105 cm³/mol. The lowest BCUT2D eigenvalue weighted by atomic mass is 10.2.